The van der Waals surface area contributed by atoms with Gasteiger partial charge in [-0.05, 0) is 25.7 Å². The number of rotatable bonds is 70. The highest BCUT2D eigenvalue weighted by Gasteiger charge is 2.30. The molecule has 17 nitrogen and oxygen atoms in total. The van der Waals surface area contributed by atoms with E-state index in [-0.39, 0.29) is 25.7 Å². The Morgan fingerprint density at radius 2 is 0.455 bits per heavy atom. The first-order valence-corrected chi connectivity index (χ1v) is 39.3. The normalized spacial score (nSPS) is 14.0. The fourth-order valence-electron chi connectivity index (χ4n) is 10.5. The molecule has 0 saturated carbocycles. The molecular formula is C69H134O17P2. The van der Waals surface area contributed by atoms with Crippen molar-refractivity contribution in [1.29, 1.82) is 0 Å². The Labute approximate surface area is 537 Å². The summed E-state index contributed by atoms with van der Waals surface area (Å²) in [6.07, 6.45) is 51.7. The highest BCUT2D eigenvalue weighted by atomic mass is 31.2. The molecule has 2 unspecified atom stereocenters. The fraction of sp³-hybridized carbons (Fsp3) is 0.942. The summed E-state index contributed by atoms with van der Waals surface area (Å²) in [5.41, 5.74) is 0. The van der Waals surface area contributed by atoms with Crippen LogP contribution in [0.25, 0.3) is 0 Å². The highest BCUT2D eigenvalue weighted by molar-refractivity contribution is 7.47. The van der Waals surface area contributed by atoms with E-state index < -0.39 is 97.5 Å². The largest absolute Gasteiger partial charge is 0.472 e. The Morgan fingerprint density at radius 3 is 0.670 bits per heavy atom. The van der Waals surface area contributed by atoms with E-state index in [9.17, 15) is 43.2 Å². The molecule has 522 valence electrons. The minimum atomic E-state index is -4.95. The summed E-state index contributed by atoms with van der Waals surface area (Å²) in [5.74, 6) is -2.13. The van der Waals surface area contributed by atoms with E-state index >= 15 is 0 Å². The van der Waals surface area contributed by atoms with E-state index in [1.54, 1.807) is 0 Å². The van der Waals surface area contributed by atoms with Crippen molar-refractivity contribution >= 4 is 39.5 Å². The number of carbonyl (C=O) groups is 4. The molecule has 0 fully saturated rings. The van der Waals surface area contributed by atoms with Gasteiger partial charge in [-0.15, -0.1) is 0 Å². The minimum Gasteiger partial charge on any atom is -0.462 e. The van der Waals surface area contributed by atoms with Gasteiger partial charge in [-0.2, -0.15) is 0 Å². The van der Waals surface area contributed by atoms with Crippen LogP contribution in [0, 0.1) is 0 Å². The summed E-state index contributed by atoms with van der Waals surface area (Å²) in [6.45, 7) is 4.86. The smallest absolute Gasteiger partial charge is 0.462 e. The molecule has 0 aliphatic rings. The van der Waals surface area contributed by atoms with Crippen LogP contribution in [0.1, 0.15) is 362 Å². The predicted octanol–water partition coefficient (Wildman–Crippen LogP) is 19.9. The van der Waals surface area contributed by atoms with E-state index in [0.717, 1.165) is 103 Å². The first kappa shape index (κ1) is 86.1. The van der Waals surface area contributed by atoms with Crippen molar-refractivity contribution in [2.75, 3.05) is 39.6 Å². The summed E-state index contributed by atoms with van der Waals surface area (Å²) >= 11 is 0. The lowest BCUT2D eigenvalue weighted by molar-refractivity contribution is -0.161. The number of hydrogen-bond donors (Lipinski definition) is 3. The number of ether oxygens (including phenoxy) is 4. The van der Waals surface area contributed by atoms with Crippen LogP contribution in [0.4, 0.5) is 0 Å². The molecule has 19 heteroatoms. The Kier molecular flexibility index (Phi) is 62.4. The summed E-state index contributed by atoms with van der Waals surface area (Å²) in [6, 6.07) is 0. The van der Waals surface area contributed by atoms with Gasteiger partial charge in [0.05, 0.1) is 26.4 Å². The molecule has 0 radical (unpaired) electrons. The molecule has 0 aromatic carbocycles. The molecule has 0 saturated heterocycles. The first-order valence-electron chi connectivity index (χ1n) is 36.3. The predicted molar refractivity (Wildman–Crippen MR) is 354 cm³/mol. The second-order valence-electron chi connectivity index (χ2n) is 24.9. The molecule has 88 heavy (non-hydrogen) atoms. The molecule has 0 aromatic rings. The van der Waals surface area contributed by atoms with Crippen LogP contribution in [0.2, 0.25) is 0 Å². The van der Waals surface area contributed by atoms with Crippen LogP contribution in [0.3, 0.4) is 0 Å². The van der Waals surface area contributed by atoms with Crippen molar-refractivity contribution in [3.63, 3.8) is 0 Å². The lowest BCUT2D eigenvalue weighted by Gasteiger charge is -2.21. The molecule has 0 aromatic heterocycles. The van der Waals surface area contributed by atoms with Crippen LogP contribution < -0.4 is 0 Å². The van der Waals surface area contributed by atoms with Gasteiger partial charge in [0, 0.05) is 25.7 Å². The number of hydrogen-bond acceptors (Lipinski definition) is 15. The molecular weight excluding hydrogens is 1160 g/mol. The van der Waals surface area contributed by atoms with E-state index in [2.05, 4.69) is 27.7 Å². The zero-order chi connectivity index (χ0) is 64.7. The van der Waals surface area contributed by atoms with Gasteiger partial charge in [0.1, 0.15) is 19.3 Å². The van der Waals surface area contributed by atoms with Gasteiger partial charge in [0.2, 0.25) is 0 Å². The first-order chi connectivity index (χ1) is 42.7. The number of carbonyl (C=O) groups excluding carboxylic acids is 4. The van der Waals surface area contributed by atoms with Crippen LogP contribution >= 0.6 is 15.6 Å². The molecule has 0 amide bonds. The Bertz CT molecular complexity index is 1690. The van der Waals surface area contributed by atoms with Gasteiger partial charge in [-0.1, -0.05) is 310 Å². The molecule has 0 heterocycles. The molecule has 0 aliphatic heterocycles. The van der Waals surface area contributed by atoms with Crippen molar-refractivity contribution in [3.8, 4) is 0 Å². The van der Waals surface area contributed by atoms with Crippen molar-refractivity contribution in [3.05, 3.63) is 0 Å². The topological polar surface area (TPSA) is 237 Å². The van der Waals surface area contributed by atoms with Crippen molar-refractivity contribution in [2.45, 2.75) is 380 Å². The van der Waals surface area contributed by atoms with Crippen LogP contribution in [0.15, 0.2) is 0 Å². The Balaban J connectivity index is 5.07. The maximum atomic E-state index is 13.0. The number of aliphatic hydroxyl groups is 1. The number of phosphoric ester groups is 2. The van der Waals surface area contributed by atoms with Crippen LogP contribution in [-0.2, 0) is 65.4 Å². The van der Waals surface area contributed by atoms with E-state index in [1.807, 2.05) is 0 Å². The van der Waals surface area contributed by atoms with Crippen molar-refractivity contribution in [2.24, 2.45) is 0 Å². The monoisotopic (exact) mass is 1300 g/mol. The van der Waals surface area contributed by atoms with Gasteiger partial charge in [0.25, 0.3) is 0 Å². The number of unbranched alkanes of at least 4 members (excludes halogenated alkanes) is 44. The third-order valence-electron chi connectivity index (χ3n) is 16.1. The molecule has 0 spiro atoms. The fourth-order valence-corrected chi connectivity index (χ4v) is 12.1. The summed E-state index contributed by atoms with van der Waals surface area (Å²) in [5, 5.41) is 10.5. The van der Waals surface area contributed by atoms with Gasteiger partial charge in [0.15, 0.2) is 12.2 Å². The zero-order valence-corrected chi connectivity index (χ0v) is 58.5. The van der Waals surface area contributed by atoms with Crippen LogP contribution in [-0.4, -0.2) is 96.7 Å². The Morgan fingerprint density at radius 1 is 0.273 bits per heavy atom. The van der Waals surface area contributed by atoms with E-state index in [0.29, 0.717) is 25.7 Å². The third kappa shape index (κ3) is 62.8. The summed E-state index contributed by atoms with van der Waals surface area (Å²) < 4.78 is 68.0. The molecule has 3 N–H and O–H groups in total. The third-order valence-corrected chi connectivity index (χ3v) is 18.0. The van der Waals surface area contributed by atoms with Gasteiger partial charge >= 0.3 is 39.5 Å². The second kappa shape index (κ2) is 63.8. The summed E-state index contributed by atoms with van der Waals surface area (Å²) in [4.78, 5) is 72.2. The quantitative estimate of drug-likeness (QED) is 0.0222. The molecule has 0 rings (SSSR count). The van der Waals surface area contributed by atoms with Gasteiger partial charge in [-0.3, -0.25) is 37.3 Å². The maximum Gasteiger partial charge on any atom is 0.472 e. The second-order valence-corrected chi connectivity index (χ2v) is 27.8. The van der Waals surface area contributed by atoms with Crippen molar-refractivity contribution < 1.29 is 80.2 Å². The Hall–Kier alpha value is -1.94. The van der Waals surface area contributed by atoms with Crippen molar-refractivity contribution in [1.82, 2.24) is 0 Å². The van der Waals surface area contributed by atoms with Crippen LogP contribution in [0.5, 0.6) is 0 Å². The van der Waals surface area contributed by atoms with E-state index in [1.165, 1.54) is 180 Å². The molecule has 5 atom stereocenters. The average Bonchev–Trinajstić information content (AvgIpc) is 3.59. The molecule has 0 aliphatic carbocycles. The zero-order valence-electron chi connectivity index (χ0n) is 56.7. The average molecular weight is 1300 g/mol. The maximum absolute atomic E-state index is 13.0. The number of esters is 4. The minimum absolute atomic E-state index is 0.106. The lowest BCUT2D eigenvalue weighted by atomic mass is 10.0. The summed E-state index contributed by atoms with van der Waals surface area (Å²) in [7, 11) is -9.88. The standard InChI is InChI=1S/C69H134O17P2/c1-5-9-13-17-21-24-26-27-28-29-30-31-32-33-34-35-36-37-40-44-48-52-56-69(74)86-65(60-80-67(72)54-50-46-42-39-25-22-18-14-10-6-2)62-84-88(77,78)82-58-63(70)57-81-87(75,76)83-61-64(59-79-66(71)53-49-45-41-20-16-12-8-4)85-68(73)55-51-47-43-38-23-19-15-11-7-3/h63-65,70H,5-62H2,1-4H3,(H,75,76)(H,77,78)/t63-,64+,65+/m0/s1. The highest BCUT2D eigenvalue weighted by Crippen LogP contribution is 2.45. The SMILES string of the molecule is CCCCCCCCCCCCCCCCCCCCCCCCC(=O)O[C@H](COC(=O)CCCCCCCCCCCC)COP(=O)(O)OC[C@@H](O)COP(=O)(O)OC[C@@H](COC(=O)CCCCCCCCC)OC(=O)CCCCCCCCCCC. The van der Waals surface area contributed by atoms with Gasteiger partial charge in [-0.25, -0.2) is 9.13 Å². The number of phosphoric acid groups is 2. The van der Waals surface area contributed by atoms with E-state index in [4.69, 9.17) is 37.0 Å². The number of aliphatic hydroxyl groups excluding tert-OH is 1. The van der Waals surface area contributed by atoms with Gasteiger partial charge < -0.3 is 33.8 Å². The lowest BCUT2D eigenvalue weighted by Crippen LogP contribution is -2.30. The molecule has 0 bridgehead atoms.